The van der Waals surface area contributed by atoms with Gasteiger partial charge in [0.1, 0.15) is 5.75 Å². The van der Waals surface area contributed by atoms with Crippen molar-refractivity contribution in [1.29, 1.82) is 0 Å². The van der Waals surface area contributed by atoms with Gasteiger partial charge in [-0.2, -0.15) is 0 Å². The van der Waals surface area contributed by atoms with Crippen molar-refractivity contribution in [3.05, 3.63) is 60.2 Å². The maximum absolute atomic E-state index is 12.3. The molecule has 0 spiro atoms. The minimum atomic E-state index is -3.32. The first kappa shape index (κ1) is 24.2. The van der Waals surface area contributed by atoms with E-state index in [9.17, 15) is 8.42 Å². The molecule has 154 valence electrons. The predicted octanol–water partition coefficient (Wildman–Crippen LogP) is 2.88. The standard InChI is InChI=1S/C20H27N3O3S.HI/c1-3-21-20(22-14-13-17-9-11-18(26-2)12-10-17)23-15-16-27(24,25)19-7-5-4-6-8-19;/h4-12H,3,13-16H2,1-2H3,(H2,21,22,23);1H. The topological polar surface area (TPSA) is 79.8 Å². The zero-order valence-corrected chi connectivity index (χ0v) is 19.4. The van der Waals surface area contributed by atoms with Crippen molar-refractivity contribution >= 4 is 39.8 Å². The van der Waals surface area contributed by atoms with E-state index in [0.717, 1.165) is 12.2 Å². The monoisotopic (exact) mass is 517 g/mol. The van der Waals surface area contributed by atoms with Crippen LogP contribution >= 0.6 is 24.0 Å². The number of hydrogen-bond acceptors (Lipinski definition) is 4. The number of benzene rings is 2. The number of methoxy groups -OCH3 is 1. The van der Waals surface area contributed by atoms with Crippen LogP contribution in [0.5, 0.6) is 5.75 Å². The number of nitrogens with one attached hydrogen (secondary N) is 2. The molecule has 0 saturated heterocycles. The van der Waals surface area contributed by atoms with E-state index in [2.05, 4.69) is 15.6 Å². The Morgan fingerprint density at radius 3 is 2.32 bits per heavy atom. The van der Waals surface area contributed by atoms with Crippen LogP contribution in [0.15, 0.2) is 64.5 Å². The largest absolute Gasteiger partial charge is 0.497 e. The number of nitrogens with zero attached hydrogens (tertiary/aromatic N) is 1. The number of halogens is 1. The number of guanidine groups is 1. The van der Waals surface area contributed by atoms with Gasteiger partial charge < -0.3 is 15.4 Å². The van der Waals surface area contributed by atoms with Gasteiger partial charge in [-0.15, -0.1) is 24.0 Å². The Morgan fingerprint density at radius 2 is 1.71 bits per heavy atom. The van der Waals surface area contributed by atoms with E-state index in [1.54, 1.807) is 37.4 Å². The molecule has 0 atom stereocenters. The van der Waals surface area contributed by atoms with Crippen LogP contribution in [0, 0.1) is 0 Å². The predicted molar refractivity (Wildman–Crippen MR) is 125 cm³/mol. The average molecular weight is 517 g/mol. The highest BCUT2D eigenvalue weighted by Crippen LogP contribution is 2.11. The number of sulfone groups is 1. The molecular formula is C20H28IN3O3S. The second-order valence-electron chi connectivity index (χ2n) is 5.92. The first-order valence-electron chi connectivity index (χ1n) is 8.98. The van der Waals surface area contributed by atoms with Gasteiger partial charge in [0.25, 0.3) is 0 Å². The molecule has 0 aromatic heterocycles. The van der Waals surface area contributed by atoms with Gasteiger partial charge in [0, 0.05) is 13.1 Å². The van der Waals surface area contributed by atoms with Crippen LogP contribution in [-0.2, 0) is 16.3 Å². The van der Waals surface area contributed by atoms with Crippen molar-refractivity contribution < 1.29 is 13.2 Å². The lowest BCUT2D eigenvalue weighted by Crippen LogP contribution is -2.38. The maximum Gasteiger partial charge on any atom is 0.191 e. The molecule has 8 heteroatoms. The molecule has 0 aliphatic rings. The van der Waals surface area contributed by atoms with Gasteiger partial charge >= 0.3 is 0 Å². The van der Waals surface area contributed by atoms with E-state index in [4.69, 9.17) is 4.74 Å². The number of rotatable bonds is 9. The van der Waals surface area contributed by atoms with Crippen LogP contribution in [0.3, 0.4) is 0 Å². The molecule has 2 rings (SSSR count). The van der Waals surface area contributed by atoms with Gasteiger partial charge in [-0.05, 0) is 43.2 Å². The zero-order valence-electron chi connectivity index (χ0n) is 16.2. The second-order valence-corrected chi connectivity index (χ2v) is 8.03. The highest BCUT2D eigenvalue weighted by molar-refractivity contribution is 14.0. The van der Waals surface area contributed by atoms with Crippen LogP contribution in [0.2, 0.25) is 0 Å². The molecule has 0 radical (unpaired) electrons. The first-order valence-corrected chi connectivity index (χ1v) is 10.6. The Bertz CT molecular complexity index is 826. The smallest absolute Gasteiger partial charge is 0.191 e. The summed E-state index contributed by atoms with van der Waals surface area (Å²) in [6.07, 6.45) is 0.830. The molecule has 0 aliphatic heterocycles. The summed E-state index contributed by atoms with van der Waals surface area (Å²) in [6.45, 7) is 3.58. The van der Waals surface area contributed by atoms with Crippen molar-refractivity contribution in [3.8, 4) is 5.75 Å². The third-order valence-corrected chi connectivity index (χ3v) is 5.65. The quantitative estimate of drug-likeness (QED) is 0.304. The van der Waals surface area contributed by atoms with Crippen LogP contribution in [-0.4, -0.2) is 46.9 Å². The number of ether oxygens (including phenoxy) is 1. The van der Waals surface area contributed by atoms with E-state index in [1.165, 1.54) is 5.56 Å². The van der Waals surface area contributed by atoms with Crippen LogP contribution in [0.4, 0.5) is 0 Å². The van der Waals surface area contributed by atoms with Gasteiger partial charge in [-0.25, -0.2) is 8.42 Å². The fourth-order valence-corrected chi connectivity index (χ4v) is 3.62. The summed E-state index contributed by atoms with van der Waals surface area (Å²) >= 11 is 0. The minimum absolute atomic E-state index is 0. The fourth-order valence-electron chi connectivity index (χ4n) is 2.48. The lowest BCUT2D eigenvalue weighted by molar-refractivity contribution is 0.414. The molecule has 0 heterocycles. The van der Waals surface area contributed by atoms with Crippen molar-refractivity contribution in [2.45, 2.75) is 18.2 Å². The fraction of sp³-hybridized carbons (Fsp3) is 0.350. The molecule has 0 amide bonds. The second kappa shape index (κ2) is 12.6. The SMILES string of the molecule is CCNC(=NCCS(=O)(=O)c1ccccc1)NCCc1ccc(OC)cc1.I. The van der Waals surface area contributed by atoms with Crippen LogP contribution in [0.25, 0.3) is 0 Å². The third kappa shape index (κ3) is 8.05. The van der Waals surface area contributed by atoms with Gasteiger partial charge in [0.05, 0.1) is 24.3 Å². The van der Waals surface area contributed by atoms with Gasteiger partial charge in [-0.1, -0.05) is 30.3 Å². The van der Waals surface area contributed by atoms with Crippen molar-refractivity contribution in [1.82, 2.24) is 10.6 Å². The molecular weight excluding hydrogens is 489 g/mol. The van der Waals surface area contributed by atoms with Gasteiger partial charge in [-0.3, -0.25) is 4.99 Å². The van der Waals surface area contributed by atoms with E-state index >= 15 is 0 Å². The van der Waals surface area contributed by atoms with E-state index in [0.29, 0.717) is 23.9 Å². The Labute approximate surface area is 184 Å². The summed E-state index contributed by atoms with van der Waals surface area (Å²) in [6, 6.07) is 16.4. The molecule has 0 fully saturated rings. The highest BCUT2D eigenvalue weighted by atomic mass is 127. The molecule has 6 nitrogen and oxygen atoms in total. The van der Waals surface area contributed by atoms with E-state index in [-0.39, 0.29) is 36.3 Å². The van der Waals surface area contributed by atoms with E-state index < -0.39 is 9.84 Å². The Morgan fingerprint density at radius 1 is 1.04 bits per heavy atom. The van der Waals surface area contributed by atoms with E-state index in [1.807, 2.05) is 31.2 Å². The Balaban J connectivity index is 0.00000392. The Hall–Kier alpha value is -1.81. The minimum Gasteiger partial charge on any atom is -0.497 e. The summed E-state index contributed by atoms with van der Waals surface area (Å²) in [5.74, 6) is 1.43. The molecule has 2 aromatic carbocycles. The van der Waals surface area contributed by atoms with Crippen molar-refractivity contribution in [3.63, 3.8) is 0 Å². The molecule has 0 saturated carbocycles. The van der Waals surface area contributed by atoms with Gasteiger partial charge in [0.15, 0.2) is 15.8 Å². The van der Waals surface area contributed by atoms with Crippen LogP contribution in [0.1, 0.15) is 12.5 Å². The summed E-state index contributed by atoms with van der Waals surface area (Å²) in [7, 11) is -1.67. The molecule has 2 aromatic rings. The highest BCUT2D eigenvalue weighted by Gasteiger charge is 2.13. The Kier molecular flexibility index (Phi) is 10.9. The summed E-state index contributed by atoms with van der Waals surface area (Å²) in [5.41, 5.74) is 1.19. The lowest BCUT2D eigenvalue weighted by Gasteiger charge is -2.11. The summed E-state index contributed by atoms with van der Waals surface area (Å²) in [4.78, 5) is 4.71. The van der Waals surface area contributed by atoms with Crippen molar-refractivity contribution in [2.75, 3.05) is 32.5 Å². The van der Waals surface area contributed by atoms with Gasteiger partial charge in [0.2, 0.25) is 0 Å². The third-order valence-electron chi connectivity index (χ3n) is 3.94. The molecule has 0 aliphatic carbocycles. The number of hydrogen-bond donors (Lipinski definition) is 2. The average Bonchev–Trinajstić information content (AvgIpc) is 2.69. The first-order chi connectivity index (χ1) is 13.0. The van der Waals surface area contributed by atoms with Crippen LogP contribution < -0.4 is 15.4 Å². The van der Waals surface area contributed by atoms with Crippen molar-refractivity contribution in [2.24, 2.45) is 4.99 Å². The molecule has 28 heavy (non-hydrogen) atoms. The molecule has 0 unspecified atom stereocenters. The lowest BCUT2D eigenvalue weighted by atomic mass is 10.1. The maximum atomic E-state index is 12.3. The molecule has 0 bridgehead atoms. The summed E-state index contributed by atoms with van der Waals surface area (Å²) < 4.78 is 29.8. The normalized spacial score (nSPS) is 11.4. The summed E-state index contributed by atoms with van der Waals surface area (Å²) in [5, 5.41) is 6.37. The zero-order chi connectivity index (χ0) is 19.5. The number of aliphatic imine (C=N–C) groups is 1. The molecule has 2 N–H and O–H groups in total.